The van der Waals surface area contributed by atoms with Gasteiger partial charge in [0.2, 0.25) is 5.91 Å². The number of allylic oxidation sites excluding steroid dienone is 1. The lowest BCUT2D eigenvalue weighted by molar-refractivity contribution is -0.111. The number of methoxy groups -OCH3 is 1. The van der Waals surface area contributed by atoms with Crippen molar-refractivity contribution < 1.29 is 13.9 Å². The highest BCUT2D eigenvalue weighted by molar-refractivity contribution is 6.31. The van der Waals surface area contributed by atoms with Crippen molar-refractivity contribution in [2.75, 3.05) is 12.4 Å². The SMILES string of the molecule is COc1cc2occ(-c3ccccc3)c2cc1/C(C)=C/C(=O)Nc1ccc(C)c(Cl)c1. The predicted molar refractivity (Wildman–Crippen MR) is 127 cm³/mol. The number of hydrogen-bond donors (Lipinski definition) is 1. The molecule has 4 rings (SSSR count). The van der Waals surface area contributed by atoms with Gasteiger partial charge in [0.1, 0.15) is 11.3 Å². The Morgan fingerprint density at radius 1 is 1.10 bits per heavy atom. The number of furan rings is 1. The fourth-order valence-electron chi connectivity index (χ4n) is 3.50. The van der Waals surface area contributed by atoms with Crippen molar-refractivity contribution in [3.63, 3.8) is 0 Å². The maximum absolute atomic E-state index is 12.6. The Bertz CT molecular complexity index is 1290. The Hall–Kier alpha value is -3.50. The van der Waals surface area contributed by atoms with Gasteiger partial charge >= 0.3 is 0 Å². The zero-order valence-electron chi connectivity index (χ0n) is 17.5. The maximum atomic E-state index is 12.6. The van der Waals surface area contributed by atoms with Gasteiger partial charge in [0.05, 0.1) is 13.4 Å². The molecular weight excluding hydrogens is 410 g/mol. The number of anilines is 1. The third kappa shape index (κ3) is 4.35. The molecule has 0 unspecified atom stereocenters. The molecule has 0 aliphatic carbocycles. The summed E-state index contributed by atoms with van der Waals surface area (Å²) in [7, 11) is 1.60. The molecule has 31 heavy (non-hydrogen) atoms. The maximum Gasteiger partial charge on any atom is 0.248 e. The van der Waals surface area contributed by atoms with Crippen LogP contribution in [0, 0.1) is 6.92 Å². The van der Waals surface area contributed by atoms with Crippen LogP contribution in [-0.4, -0.2) is 13.0 Å². The van der Waals surface area contributed by atoms with Crippen LogP contribution in [0.1, 0.15) is 18.1 Å². The normalized spacial score (nSPS) is 11.5. The van der Waals surface area contributed by atoms with E-state index in [1.54, 1.807) is 25.5 Å². The van der Waals surface area contributed by atoms with E-state index in [-0.39, 0.29) is 5.91 Å². The quantitative estimate of drug-likeness (QED) is 0.342. The Morgan fingerprint density at radius 3 is 2.58 bits per heavy atom. The summed E-state index contributed by atoms with van der Waals surface area (Å²) in [4.78, 5) is 12.6. The first-order chi connectivity index (χ1) is 15.0. The van der Waals surface area contributed by atoms with E-state index in [4.69, 9.17) is 20.8 Å². The van der Waals surface area contributed by atoms with Gasteiger partial charge in [-0.3, -0.25) is 4.79 Å². The number of amides is 1. The van der Waals surface area contributed by atoms with Crippen LogP contribution in [0.5, 0.6) is 5.75 Å². The molecule has 1 N–H and O–H groups in total. The van der Waals surface area contributed by atoms with E-state index in [2.05, 4.69) is 5.32 Å². The fourth-order valence-corrected chi connectivity index (χ4v) is 3.68. The van der Waals surface area contributed by atoms with E-state index in [1.165, 1.54) is 0 Å². The molecule has 156 valence electrons. The molecule has 1 amide bonds. The summed E-state index contributed by atoms with van der Waals surface area (Å²) >= 11 is 6.16. The van der Waals surface area contributed by atoms with Crippen LogP contribution in [-0.2, 0) is 4.79 Å². The first-order valence-electron chi connectivity index (χ1n) is 9.86. The predicted octanol–water partition coefficient (Wildman–Crippen LogP) is 7.11. The van der Waals surface area contributed by atoms with Gasteiger partial charge in [-0.05, 0) is 48.7 Å². The van der Waals surface area contributed by atoms with Gasteiger partial charge < -0.3 is 14.5 Å². The van der Waals surface area contributed by atoms with Gasteiger partial charge in [-0.15, -0.1) is 0 Å². The topological polar surface area (TPSA) is 51.5 Å². The molecule has 0 bridgehead atoms. The summed E-state index contributed by atoms with van der Waals surface area (Å²) < 4.78 is 11.3. The average Bonchev–Trinajstić information content (AvgIpc) is 3.18. The Balaban J connectivity index is 1.69. The molecule has 1 aromatic heterocycles. The summed E-state index contributed by atoms with van der Waals surface area (Å²) in [5, 5.41) is 4.43. The highest BCUT2D eigenvalue weighted by Gasteiger charge is 2.15. The molecule has 0 aliphatic heterocycles. The summed E-state index contributed by atoms with van der Waals surface area (Å²) in [5.41, 5.74) is 5.98. The Morgan fingerprint density at radius 2 is 1.87 bits per heavy atom. The minimum Gasteiger partial charge on any atom is -0.496 e. The van der Waals surface area contributed by atoms with Crippen molar-refractivity contribution in [1.29, 1.82) is 0 Å². The minimum atomic E-state index is -0.241. The third-order valence-electron chi connectivity index (χ3n) is 5.19. The molecule has 0 saturated carbocycles. The summed E-state index contributed by atoms with van der Waals surface area (Å²) in [5.74, 6) is 0.399. The van der Waals surface area contributed by atoms with E-state index >= 15 is 0 Å². The standard InChI is InChI=1S/C26H22ClNO3/c1-16-9-10-19(12-23(16)27)28-26(29)11-17(2)20-13-21-22(18-7-5-4-6-8-18)15-31-25(21)14-24(20)30-3/h4-15H,1-3H3,(H,28,29)/b17-11+. The zero-order valence-corrected chi connectivity index (χ0v) is 18.3. The number of hydrogen-bond acceptors (Lipinski definition) is 3. The van der Waals surface area contributed by atoms with Crippen molar-refractivity contribution >= 4 is 39.7 Å². The third-order valence-corrected chi connectivity index (χ3v) is 5.60. The van der Waals surface area contributed by atoms with Crippen molar-refractivity contribution in [1.82, 2.24) is 0 Å². The van der Waals surface area contributed by atoms with E-state index in [0.717, 1.165) is 38.8 Å². The van der Waals surface area contributed by atoms with E-state index in [1.807, 2.05) is 68.4 Å². The van der Waals surface area contributed by atoms with E-state index in [0.29, 0.717) is 16.5 Å². The summed E-state index contributed by atoms with van der Waals surface area (Å²) in [6.07, 6.45) is 3.30. The number of carbonyl (C=O) groups is 1. The van der Waals surface area contributed by atoms with Crippen LogP contribution < -0.4 is 10.1 Å². The second kappa shape index (κ2) is 8.70. The fraction of sp³-hybridized carbons (Fsp3) is 0.115. The number of carbonyl (C=O) groups excluding carboxylic acids is 1. The van der Waals surface area contributed by atoms with Gasteiger partial charge in [-0.2, -0.15) is 0 Å². The lowest BCUT2D eigenvalue weighted by Crippen LogP contribution is -2.08. The van der Waals surface area contributed by atoms with Crippen LogP contribution in [0.3, 0.4) is 0 Å². The molecule has 0 aliphatic rings. The molecule has 0 spiro atoms. The molecule has 4 aromatic rings. The molecule has 3 aromatic carbocycles. The molecule has 0 atom stereocenters. The number of aryl methyl sites for hydroxylation is 1. The molecule has 1 heterocycles. The van der Waals surface area contributed by atoms with Crippen LogP contribution in [0.2, 0.25) is 5.02 Å². The molecular formula is C26H22ClNO3. The highest BCUT2D eigenvalue weighted by atomic mass is 35.5. The second-order valence-electron chi connectivity index (χ2n) is 7.34. The number of halogens is 1. The number of benzene rings is 3. The number of fused-ring (bicyclic) bond motifs is 1. The summed E-state index contributed by atoms with van der Waals surface area (Å²) in [6.45, 7) is 3.80. The van der Waals surface area contributed by atoms with Gasteiger partial charge in [-0.25, -0.2) is 0 Å². The van der Waals surface area contributed by atoms with Crippen molar-refractivity contribution in [2.45, 2.75) is 13.8 Å². The van der Waals surface area contributed by atoms with Crippen molar-refractivity contribution in [3.05, 3.63) is 89.2 Å². The van der Waals surface area contributed by atoms with E-state index in [9.17, 15) is 4.79 Å². The lowest BCUT2D eigenvalue weighted by Gasteiger charge is -2.10. The van der Waals surface area contributed by atoms with Gasteiger partial charge in [-0.1, -0.05) is 48.0 Å². The number of rotatable bonds is 5. The van der Waals surface area contributed by atoms with Crippen LogP contribution in [0.4, 0.5) is 5.69 Å². The zero-order chi connectivity index (χ0) is 22.0. The molecule has 5 heteroatoms. The molecule has 0 saturated heterocycles. The second-order valence-corrected chi connectivity index (χ2v) is 7.75. The smallest absolute Gasteiger partial charge is 0.248 e. The van der Waals surface area contributed by atoms with Crippen LogP contribution >= 0.6 is 11.6 Å². The number of nitrogens with one attached hydrogen (secondary N) is 1. The molecule has 0 radical (unpaired) electrons. The van der Waals surface area contributed by atoms with Crippen LogP contribution in [0.25, 0.3) is 27.7 Å². The van der Waals surface area contributed by atoms with Gasteiger partial charge in [0.25, 0.3) is 0 Å². The van der Waals surface area contributed by atoms with Gasteiger partial charge in [0.15, 0.2) is 0 Å². The average molecular weight is 432 g/mol. The molecule has 4 nitrogen and oxygen atoms in total. The monoisotopic (exact) mass is 431 g/mol. The lowest BCUT2D eigenvalue weighted by atomic mass is 9.99. The number of ether oxygens (including phenoxy) is 1. The van der Waals surface area contributed by atoms with Gasteiger partial charge in [0, 0.05) is 39.4 Å². The minimum absolute atomic E-state index is 0.241. The Labute approximate surface area is 186 Å². The van der Waals surface area contributed by atoms with Crippen LogP contribution in [0.15, 0.2) is 77.4 Å². The van der Waals surface area contributed by atoms with Crippen molar-refractivity contribution in [2.24, 2.45) is 0 Å². The first kappa shape index (κ1) is 20.8. The van der Waals surface area contributed by atoms with E-state index < -0.39 is 0 Å². The largest absolute Gasteiger partial charge is 0.496 e. The highest BCUT2D eigenvalue weighted by Crippen LogP contribution is 2.37. The molecule has 0 fully saturated rings. The Kier molecular flexibility index (Phi) is 5.83. The summed E-state index contributed by atoms with van der Waals surface area (Å²) in [6, 6.07) is 19.3. The first-order valence-corrected chi connectivity index (χ1v) is 10.2. The van der Waals surface area contributed by atoms with Crippen molar-refractivity contribution in [3.8, 4) is 16.9 Å².